The third kappa shape index (κ3) is 4.73. The lowest BCUT2D eigenvalue weighted by atomic mass is 9.80. The molecule has 2 saturated heterocycles. The van der Waals surface area contributed by atoms with Gasteiger partial charge in [0.1, 0.15) is 0 Å². The van der Waals surface area contributed by atoms with Gasteiger partial charge >= 0.3 is 0 Å². The minimum atomic E-state index is -3.67. The average molecular weight is 493 g/mol. The number of carbonyl (C=O) groups is 1. The summed E-state index contributed by atoms with van der Waals surface area (Å²) in [6.45, 7) is 2.30. The van der Waals surface area contributed by atoms with Gasteiger partial charge in [-0.05, 0) is 80.1 Å². The zero-order valence-electron chi connectivity index (χ0n) is 19.8. The molecule has 2 aromatic carbocycles. The Labute approximate surface area is 207 Å². The topological polar surface area (TPSA) is 111 Å². The Balaban J connectivity index is 1.21. The van der Waals surface area contributed by atoms with Crippen molar-refractivity contribution in [1.82, 2.24) is 16.0 Å². The highest BCUT2D eigenvalue weighted by Gasteiger charge is 2.38. The molecule has 0 bridgehead atoms. The smallest absolute Gasteiger partial charge is 0.237 e. The molecule has 0 spiro atoms. The summed E-state index contributed by atoms with van der Waals surface area (Å²) in [5.41, 5.74) is 1.26. The van der Waals surface area contributed by atoms with Crippen molar-refractivity contribution in [2.45, 2.75) is 72.4 Å². The van der Waals surface area contributed by atoms with E-state index in [2.05, 4.69) is 22.0 Å². The number of nitriles is 1. The third-order valence-corrected chi connectivity index (χ3v) is 9.75. The lowest BCUT2D eigenvalue weighted by Crippen LogP contribution is -2.45. The highest BCUT2D eigenvalue weighted by atomic mass is 32.2. The van der Waals surface area contributed by atoms with Gasteiger partial charge in [0.15, 0.2) is 0 Å². The fraction of sp³-hybridized carbons (Fsp3) is 0.481. The van der Waals surface area contributed by atoms with Gasteiger partial charge < -0.3 is 16.0 Å². The first-order chi connectivity index (χ1) is 16.9. The summed E-state index contributed by atoms with van der Waals surface area (Å²) >= 11 is 0. The highest BCUT2D eigenvalue weighted by Crippen LogP contribution is 2.40. The number of hydrogen-bond acceptors (Lipinski definition) is 6. The van der Waals surface area contributed by atoms with Crippen molar-refractivity contribution in [2.75, 3.05) is 13.1 Å². The Morgan fingerprint density at radius 2 is 1.71 bits per heavy atom. The van der Waals surface area contributed by atoms with Crippen LogP contribution in [-0.4, -0.2) is 39.5 Å². The molecule has 3 unspecified atom stereocenters. The Kier molecular flexibility index (Phi) is 6.67. The van der Waals surface area contributed by atoms with Crippen LogP contribution in [0.3, 0.4) is 0 Å². The van der Waals surface area contributed by atoms with E-state index in [4.69, 9.17) is 0 Å². The van der Waals surface area contributed by atoms with Gasteiger partial charge in [0.25, 0.3) is 0 Å². The molecule has 1 saturated carbocycles. The zero-order chi connectivity index (χ0) is 24.5. The van der Waals surface area contributed by atoms with Crippen molar-refractivity contribution in [3.05, 3.63) is 59.7 Å². The number of benzene rings is 2. The van der Waals surface area contributed by atoms with Gasteiger partial charge in [-0.1, -0.05) is 37.1 Å². The first-order valence-corrected chi connectivity index (χ1v) is 14.0. The van der Waals surface area contributed by atoms with E-state index in [0.29, 0.717) is 18.5 Å². The number of carbonyl (C=O) groups excluding carboxylic acids is 1. The molecule has 3 atom stereocenters. The maximum Gasteiger partial charge on any atom is 0.237 e. The number of fused-ring (bicyclic) bond motifs is 1. The van der Waals surface area contributed by atoms with Crippen LogP contribution in [0.5, 0.6) is 0 Å². The number of nitrogens with one attached hydrogen (secondary N) is 3. The quantitative estimate of drug-likeness (QED) is 0.572. The van der Waals surface area contributed by atoms with E-state index in [-0.39, 0.29) is 21.7 Å². The fourth-order valence-electron chi connectivity index (χ4n) is 5.83. The summed E-state index contributed by atoms with van der Waals surface area (Å²) < 4.78 is 26.3. The molecule has 2 aliphatic heterocycles. The zero-order valence-corrected chi connectivity index (χ0v) is 20.6. The molecule has 2 heterocycles. The molecular formula is C27H32N4O3S. The fourth-order valence-corrected chi connectivity index (χ4v) is 7.09. The molecule has 7 nitrogen and oxygen atoms in total. The average Bonchev–Trinajstić information content (AvgIpc) is 3.56. The van der Waals surface area contributed by atoms with Gasteiger partial charge in [-0.3, -0.25) is 4.79 Å². The second-order valence-corrected chi connectivity index (χ2v) is 12.1. The van der Waals surface area contributed by atoms with E-state index in [1.165, 1.54) is 0 Å². The van der Waals surface area contributed by atoms with Gasteiger partial charge in [-0.15, -0.1) is 0 Å². The molecular weight excluding hydrogens is 460 g/mol. The molecule has 1 aliphatic carbocycles. The summed E-state index contributed by atoms with van der Waals surface area (Å²) in [5.74, 6) is 0.496. The molecule has 184 valence electrons. The van der Waals surface area contributed by atoms with Crippen molar-refractivity contribution in [3.8, 4) is 6.07 Å². The van der Waals surface area contributed by atoms with E-state index in [9.17, 15) is 18.5 Å². The number of amides is 1. The monoisotopic (exact) mass is 492 g/mol. The second kappa shape index (κ2) is 9.73. The largest absolute Gasteiger partial charge is 0.351 e. The van der Waals surface area contributed by atoms with Crippen molar-refractivity contribution in [3.63, 3.8) is 0 Å². The normalized spacial score (nSPS) is 25.5. The van der Waals surface area contributed by atoms with E-state index >= 15 is 0 Å². The Morgan fingerprint density at radius 3 is 2.34 bits per heavy atom. The van der Waals surface area contributed by atoms with Gasteiger partial charge in [0, 0.05) is 12.6 Å². The van der Waals surface area contributed by atoms with Gasteiger partial charge in [-0.2, -0.15) is 5.26 Å². The number of sulfone groups is 1. The summed E-state index contributed by atoms with van der Waals surface area (Å²) in [6, 6.07) is 16.2. The van der Waals surface area contributed by atoms with E-state index < -0.39 is 15.3 Å². The number of hydrogen-bond donors (Lipinski definition) is 3. The molecule has 3 aliphatic rings. The van der Waals surface area contributed by atoms with Crippen molar-refractivity contribution in [1.29, 1.82) is 5.26 Å². The Morgan fingerprint density at radius 1 is 1.06 bits per heavy atom. The first-order valence-electron chi connectivity index (χ1n) is 12.5. The molecule has 5 rings (SSSR count). The Hall–Kier alpha value is -2.73. The SMILES string of the molecule is N#CC1(c2ccc(S(=O)(=O)c3ccc(CNC(=O)C4CC5CNCCC5N4)cc3)cc2)CCCC1. The molecule has 8 heteroatoms. The lowest BCUT2D eigenvalue weighted by Gasteiger charge is -2.25. The van der Waals surface area contributed by atoms with Crippen LogP contribution in [-0.2, 0) is 26.6 Å². The minimum absolute atomic E-state index is 0.00593. The predicted molar refractivity (Wildman–Crippen MR) is 132 cm³/mol. The molecule has 0 radical (unpaired) electrons. The van der Waals surface area contributed by atoms with Crippen LogP contribution in [0, 0.1) is 17.2 Å². The number of nitrogens with zero attached hydrogens (tertiary/aromatic N) is 1. The van der Waals surface area contributed by atoms with Crippen LogP contribution in [0.25, 0.3) is 0 Å². The van der Waals surface area contributed by atoms with Gasteiger partial charge in [0.2, 0.25) is 15.7 Å². The lowest BCUT2D eigenvalue weighted by molar-refractivity contribution is -0.123. The summed E-state index contributed by atoms with van der Waals surface area (Å²) in [7, 11) is -3.67. The van der Waals surface area contributed by atoms with Crippen LogP contribution >= 0.6 is 0 Å². The highest BCUT2D eigenvalue weighted by molar-refractivity contribution is 7.91. The van der Waals surface area contributed by atoms with Crippen molar-refractivity contribution < 1.29 is 13.2 Å². The van der Waals surface area contributed by atoms with Gasteiger partial charge in [-0.25, -0.2) is 8.42 Å². The van der Waals surface area contributed by atoms with Crippen LogP contribution < -0.4 is 16.0 Å². The number of rotatable bonds is 6. The Bertz CT molecular complexity index is 1200. The molecule has 3 N–H and O–H groups in total. The molecule has 3 fully saturated rings. The van der Waals surface area contributed by atoms with Crippen LogP contribution in [0.4, 0.5) is 0 Å². The van der Waals surface area contributed by atoms with Crippen molar-refractivity contribution >= 4 is 15.7 Å². The van der Waals surface area contributed by atoms with Crippen molar-refractivity contribution in [2.24, 2.45) is 5.92 Å². The maximum absolute atomic E-state index is 13.1. The van der Waals surface area contributed by atoms with E-state index in [0.717, 1.165) is 62.7 Å². The summed E-state index contributed by atoms with van der Waals surface area (Å²) in [4.78, 5) is 13.1. The predicted octanol–water partition coefficient (Wildman–Crippen LogP) is 2.81. The van der Waals surface area contributed by atoms with E-state index in [1.807, 2.05) is 0 Å². The van der Waals surface area contributed by atoms with E-state index in [1.54, 1.807) is 48.5 Å². The molecule has 35 heavy (non-hydrogen) atoms. The van der Waals surface area contributed by atoms with Crippen LogP contribution in [0.1, 0.15) is 49.7 Å². The maximum atomic E-state index is 13.1. The minimum Gasteiger partial charge on any atom is -0.351 e. The summed E-state index contributed by atoms with van der Waals surface area (Å²) in [6.07, 6.45) is 5.58. The molecule has 1 amide bonds. The second-order valence-electron chi connectivity index (χ2n) is 10.1. The standard InChI is InChI=1S/C27H32N4O3S/c28-18-27(12-1-2-13-27)21-5-9-23(10-6-21)35(33,34)22-7-3-19(4-8-22)16-30-26(32)25-15-20-17-29-14-11-24(20)31-25/h3-10,20,24-25,29,31H,1-2,11-17H2,(H,30,32). The van der Waals surface area contributed by atoms with Crippen LogP contribution in [0.2, 0.25) is 0 Å². The first kappa shape index (κ1) is 24.0. The number of piperidine rings is 1. The molecule has 2 aromatic rings. The van der Waals surface area contributed by atoms with Crippen LogP contribution in [0.15, 0.2) is 58.3 Å². The summed E-state index contributed by atoms with van der Waals surface area (Å²) in [5, 5.41) is 19.5. The molecule has 0 aromatic heterocycles. The third-order valence-electron chi connectivity index (χ3n) is 7.97. The van der Waals surface area contributed by atoms with Gasteiger partial charge in [0.05, 0.1) is 27.3 Å².